The van der Waals surface area contributed by atoms with Gasteiger partial charge in [-0.2, -0.15) is 0 Å². The summed E-state index contributed by atoms with van der Waals surface area (Å²) in [5.74, 6) is 0.0525. The fourth-order valence-electron chi connectivity index (χ4n) is 3.48. The van der Waals surface area contributed by atoms with E-state index in [1.807, 2.05) is 26.0 Å². The minimum absolute atomic E-state index is 0.0294. The number of nitrogens with zero attached hydrogens (tertiary/aromatic N) is 1. The maximum Gasteiger partial charge on any atom is 0.225 e. The molecule has 2 N–H and O–H groups in total. The van der Waals surface area contributed by atoms with Crippen molar-refractivity contribution >= 4 is 22.9 Å². The van der Waals surface area contributed by atoms with Crippen molar-refractivity contribution in [2.75, 3.05) is 5.32 Å². The molecule has 0 radical (unpaired) electrons. The van der Waals surface area contributed by atoms with E-state index in [1.165, 1.54) is 12.0 Å². The lowest BCUT2D eigenvalue weighted by Gasteiger charge is -2.43. The molecule has 1 aromatic carbocycles. The standard InChI is InChI=1S/C20H27N3OS/c1-13-6-7-17(14(2)10-13)22-18(24)11-15(3)23-20(8-5-9-20)19-21-16(4)12-25-19/h6-7,10,12,15,23H,5,8-9,11H2,1-4H3,(H,22,24)/t15-/m1/s1. The summed E-state index contributed by atoms with van der Waals surface area (Å²) in [5, 5.41) is 10.00. The van der Waals surface area contributed by atoms with Crippen LogP contribution in [-0.2, 0) is 10.3 Å². The molecule has 4 nitrogen and oxygen atoms in total. The topological polar surface area (TPSA) is 54.0 Å². The van der Waals surface area contributed by atoms with Crippen molar-refractivity contribution in [2.24, 2.45) is 0 Å². The van der Waals surface area contributed by atoms with E-state index in [9.17, 15) is 4.79 Å². The quantitative estimate of drug-likeness (QED) is 0.803. The van der Waals surface area contributed by atoms with Crippen LogP contribution >= 0.6 is 11.3 Å². The van der Waals surface area contributed by atoms with Crippen molar-refractivity contribution in [1.82, 2.24) is 10.3 Å². The Balaban J connectivity index is 1.60. The molecule has 0 aliphatic heterocycles. The molecular formula is C20H27N3OS. The predicted octanol–water partition coefficient (Wildman–Crippen LogP) is 4.45. The van der Waals surface area contributed by atoms with Crippen LogP contribution in [0.3, 0.4) is 0 Å². The highest BCUT2D eigenvalue weighted by molar-refractivity contribution is 7.09. The average molecular weight is 358 g/mol. The van der Waals surface area contributed by atoms with Gasteiger partial charge in [0.15, 0.2) is 0 Å². The van der Waals surface area contributed by atoms with Crippen LogP contribution in [0.1, 0.15) is 54.4 Å². The normalized spacial score (nSPS) is 17.0. The largest absolute Gasteiger partial charge is 0.326 e. The van der Waals surface area contributed by atoms with Crippen molar-refractivity contribution in [1.29, 1.82) is 0 Å². The van der Waals surface area contributed by atoms with Gasteiger partial charge in [-0.25, -0.2) is 4.98 Å². The Morgan fingerprint density at radius 1 is 1.32 bits per heavy atom. The average Bonchev–Trinajstić information content (AvgIpc) is 2.92. The van der Waals surface area contributed by atoms with Gasteiger partial charge < -0.3 is 10.6 Å². The first-order valence-electron chi connectivity index (χ1n) is 8.95. The lowest BCUT2D eigenvalue weighted by atomic mass is 9.76. The highest BCUT2D eigenvalue weighted by atomic mass is 32.1. The zero-order chi connectivity index (χ0) is 18.0. The van der Waals surface area contributed by atoms with Crippen LogP contribution in [0.4, 0.5) is 5.69 Å². The lowest BCUT2D eigenvalue weighted by molar-refractivity contribution is -0.116. The van der Waals surface area contributed by atoms with Gasteiger partial charge in [-0.05, 0) is 58.6 Å². The van der Waals surface area contributed by atoms with E-state index in [4.69, 9.17) is 0 Å². The number of thiazole rings is 1. The molecule has 25 heavy (non-hydrogen) atoms. The number of rotatable bonds is 6. The van der Waals surface area contributed by atoms with Crippen LogP contribution in [-0.4, -0.2) is 16.9 Å². The van der Waals surface area contributed by atoms with Crippen molar-refractivity contribution < 1.29 is 4.79 Å². The number of hydrogen-bond acceptors (Lipinski definition) is 4. The van der Waals surface area contributed by atoms with Gasteiger partial charge in [-0.15, -0.1) is 11.3 Å². The number of benzene rings is 1. The predicted molar refractivity (Wildman–Crippen MR) is 104 cm³/mol. The molecule has 5 heteroatoms. The number of aromatic nitrogens is 1. The number of nitrogens with one attached hydrogen (secondary N) is 2. The van der Waals surface area contributed by atoms with Crippen molar-refractivity contribution in [3.63, 3.8) is 0 Å². The Bertz CT molecular complexity index is 764. The number of anilines is 1. The second kappa shape index (κ2) is 7.26. The van der Waals surface area contributed by atoms with Crippen molar-refractivity contribution in [3.8, 4) is 0 Å². The third kappa shape index (κ3) is 4.10. The maximum atomic E-state index is 12.4. The first-order chi connectivity index (χ1) is 11.9. The van der Waals surface area contributed by atoms with E-state index in [0.29, 0.717) is 6.42 Å². The summed E-state index contributed by atoms with van der Waals surface area (Å²) in [4.78, 5) is 17.1. The van der Waals surface area contributed by atoms with Crippen molar-refractivity contribution in [3.05, 3.63) is 45.4 Å². The molecule has 1 heterocycles. The summed E-state index contributed by atoms with van der Waals surface area (Å²) < 4.78 is 0. The molecule has 1 saturated carbocycles. The second-order valence-corrected chi connectivity index (χ2v) is 8.20. The Labute approximate surface area is 154 Å². The van der Waals surface area contributed by atoms with Gasteiger partial charge in [0.05, 0.1) is 5.54 Å². The van der Waals surface area contributed by atoms with Gasteiger partial charge in [-0.3, -0.25) is 4.79 Å². The molecule has 3 rings (SSSR count). The molecular weight excluding hydrogens is 330 g/mol. The number of hydrogen-bond donors (Lipinski definition) is 2. The molecule has 0 unspecified atom stereocenters. The molecule has 0 saturated heterocycles. The fraction of sp³-hybridized carbons (Fsp3) is 0.500. The third-order valence-corrected chi connectivity index (χ3v) is 6.07. The Hall–Kier alpha value is -1.72. The summed E-state index contributed by atoms with van der Waals surface area (Å²) in [5.41, 5.74) is 4.25. The summed E-state index contributed by atoms with van der Waals surface area (Å²) >= 11 is 1.72. The summed E-state index contributed by atoms with van der Waals surface area (Å²) in [6, 6.07) is 6.20. The molecule has 134 valence electrons. The van der Waals surface area contributed by atoms with Gasteiger partial charge in [0.2, 0.25) is 5.91 Å². The van der Waals surface area contributed by atoms with E-state index in [2.05, 4.69) is 40.9 Å². The molecule has 1 atom stereocenters. The number of aryl methyl sites for hydroxylation is 3. The lowest BCUT2D eigenvalue weighted by Crippen LogP contribution is -2.52. The van der Waals surface area contributed by atoms with Crippen LogP contribution in [0.5, 0.6) is 0 Å². The van der Waals surface area contributed by atoms with E-state index in [1.54, 1.807) is 11.3 Å². The Kier molecular flexibility index (Phi) is 5.25. The minimum atomic E-state index is -0.0294. The van der Waals surface area contributed by atoms with Crippen LogP contribution in [0.15, 0.2) is 23.6 Å². The second-order valence-electron chi connectivity index (χ2n) is 7.35. The summed E-state index contributed by atoms with van der Waals surface area (Å²) in [6.45, 7) is 8.21. The third-order valence-electron chi connectivity index (χ3n) is 4.91. The highest BCUT2D eigenvalue weighted by Crippen LogP contribution is 2.43. The Morgan fingerprint density at radius 3 is 2.64 bits per heavy atom. The van der Waals surface area contributed by atoms with Gasteiger partial charge in [0.1, 0.15) is 5.01 Å². The molecule has 1 fully saturated rings. The zero-order valence-electron chi connectivity index (χ0n) is 15.5. The molecule has 1 aliphatic rings. The number of amides is 1. The molecule has 0 bridgehead atoms. The first kappa shape index (κ1) is 18.1. The molecule has 1 aliphatic carbocycles. The van der Waals surface area contributed by atoms with Crippen molar-refractivity contribution in [2.45, 2.75) is 65.0 Å². The van der Waals surface area contributed by atoms with E-state index in [-0.39, 0.29) is 17.5 Å². The van der Waals surface area contributed by atoms with Gasteiger partial charge in [0.25, 0.3) is 0 Å². The number of carbonyl (C=O) groups is 1. The highest BCUT2D eigenvalue weighted by Gasteiger charge is 2.42. The van der Waals surface area contributed by atoms with Crippen LogP contribution in [0, 0.1) is 20.8 Å². The molecule has 1 amide bonds. The van der Waals surface area contributed by atoms with E-state index >= 15 is 0 Å². The minimum Gasteiger partial charge on any atom is -0.326 e. The maximum absolute atomic E-state index is 12.4. The van der Waals surface area contributed by atoms with Crippen LogP contribution in [0.2, 0.25) is 0 Å². The first-order valence-corrected chi connectivity index (χ1v) is 9.83. The van der Waals surface area contributed by atoms with Crippen LogP contribution in [0.25, 0.3) is 0 Å². The summed E-state index contributed by atoms with van der Waals surface area (Å²) in [6.07, 6.45) is 3.87. The monoisotopic (exact) mass is 357 g/mol. The Morgan fingerprint density at radius 2 is 2.08 bits per heavy atom. The molecule has 0 spiro atoms. The van der Waals surface area contributed by atoms with E-state index in [0.717, 1.165) is 34.8 Å². The zero-order valence-corrected chi connectivity index (χ0v) is 16.3. The SMILES string of the molecule is Cc1ccc(NC(=O)C[C@@H](C)NC2(c3nc(C)cs3)CCC2)c(C)c1. The van der Waals surface area contributed by atoms with E-state index < -0.39 is 0 Å². The molecule has 1 aromatic heterocycles. The summed E-state index contributed by atoms with van der Waals surface area (Å²) in [7, 11) is 0. The smallest absolute Gasteiger partial charge is 0.225 e. The fourth-order valence-corrected chi connectivity index (χ4v) is 4.50. The van der Waals surface area contributed by atoms with Gasteiger partial charge >= 0.3 is 0 Å². The van der Waals surface area contributed by atoms with Gasteiger partial charge in [0, 0.05) is 29.2 Å². The van der Waals surface area contributed by atoms with Crippen LogP contribution < -0.4 is 10.6 Å². The van der Waals surface area contributed by atoms with Gasteiger partial charge in [-0.1, -0.05) is 17.7 Å². The molecule has 2 aromatic rings. The number of carbonyl (C=O) groups excluding carboxylic acids is 1.